The van der Waals surface area contributed by atoms with Crippen molar-refractivity contribution in [1.82, 2.24) is 9.62 Å². The van der Waals surface area contributed by atoms with Gasteiger partial charge in [0.15, 0.2) is 0 Å². The van der Waals surface area contributed by atoms with Crippen LogP contribution in [0.25, 0.3) is 0 Å². The van der Waals surface area contributed by atoms with Gasteiger partial charge in [0.05, 0.1) is 5.75 Å². The molecule has 0 bridgehead atoms. The monoisotopic (exact) mass is 250 g/mol. The highest BCUT2D eigenvalue weighted by Crippen LogP contribution is 2.02. The summed E-state index contributed by atoms with van der Waals surface area (Å²) in [5.74, 6) is 0.179. The van der Waals surface area contributed by atoms with Crippen molar-refractivity contribution >= 4 is 10.0 Å². The maximum absolute atomic E-state index is 11.5. The summed E-state index contributed by atoms with van der Waals surface area (Å²) in [6.45, 7) is 4.83. The zero-order chi connectivity index (χ0) is 12.6. The fourth-order valence-electron chi connectivity index (χ4n) is 1.42. The maximum atomic E-state index is 11.5. The summed E-state index contributed by atoms with van der Waals surface area (Å²) in [6, 6.07) is 0.406. The number of rotatable bonds is 9. The molecule has 16 heavy (non-hydrogen) atoms. The van der Waals surface area contributed by atoms with Gasteiger partial charge in [0.2, 0.25) is 10.0 Å². The molecule has 0 aliphatic heterocycles. The molecule has 1 unspecified atom stereocenters. The minimum absolute atomic E-state index is 0.179. The van der Waals surface area contributed by atoms with Crippen molar-refractivity contribution in [2.45, 2.75) is 45.6 Å². The molecule has 0 saturated carbocycles. The molecule has 0 fully saturated rings. The van der Waals surface area contributed by atoms with Crippen LogP contribution in [0.2, 0.25) is 0 Å². The van der Waals surface area contributed by atoms with E-state index in [0.717, 1.165) is 6.42 Å². The second-order valence-corrected chi connectivity index (χ2v) is 6.75. The average Bonchev–Trinajstić information content (AvgIpc) is 2.17. The largest absolute Gasteiger partial charge is 0.313 e. The third-order valence-electron chi connectivity index (χ3n) is 2.65. The Kier molecular flexibility index (Phi) is 7.97. The van der Waals surface area contributed by atoms with Crippen LogP contribution in [-0.2, 0) is 10.0 Å². The standard InChI is InChI=1S/C11H26N2O2S/c1-5-6-7-8-11(2)12-9-10-16(14,15)13(3)4/h11-12H,5-10H2,1-4H3. The Morgan fingerprint density at radius 1 is 1.25 bits per heavy atom. The molecule has 0 radical (unpaired) electrons. The lowest BCUT2D eigenvalue weighted by Crippen LogP contribution is -2.34. The summed E-state index contributed by atoms with van der Waals surface area (Å²) in [5.41, 5.74) is 0. The van der Waals surface area contributed by atoms with Crippen molar-refractivity contribution in [3.8, 4) is 0 Å². The molecule has 0 amide bonds. The molecule has 0 rings (SSSR count). The Balaban J connectivity index is 3.66. The van der Waals surface area contributed by atoms with E-state index in [4.69, 9.17) is 0 Å². The van der Waals surface area contributed by atoms with Crippen LogP contribution in [0.3, 0.4) is 0 Å². The zero-order valence-corrected chi connectivity index (χ0v) is 11.8. The van der Waals surface area contributed by atoms with E-state index in [1.54, 1.807) is 14.1 Å². The Morgan fingerprint density at radius 3 is 2.38 bits per heavy atom. The van der Waals surface area contributed by atoms with Crippen molar-refractivity contribution in [2.24, 2.45) is 0 Å². The highest BCUT2D eigenvalue weighted by molar-refractivity contribution is 7.89. The summed E-state index contributed by atoms with van der Waals surface area (Å²) < 4.78 is 24.2. The highest BCUT2D eigenvalue weighted by atomic mass is 32.2. The van der Waals surface area contributed by atoms with E-state index in [-0.39, 0.29) is 5.75 Å². The van der Waals surface area contributed by atoms with Gasteiger partial charge in [0.25, 0.3) is 0 Å². The summed E-state index contributed by atoms with van der Waals surface area (Å²) >= 11 is 0. The number of sulfonamides is 1. The zero-order valence-electron chi connectivity index (χ0n) is 11.0. The van der Waals surface area contributed by atoms with Gasteiger partial charge in [-0.15, -0.1) is 0 Å². The summed E-state index contributed by atoms with van der Waals surface area (Å²) in [4.78, 5) is 0. The third kappa shape index (κ3) is 7.19. The molecule has 5 heteroatoms. The molecule has 0 aliphatic rings. The molecular formula is C11H26N2O2S. The van der Waals surface area contributed by atoms with Crippen LogP contribution in [-0.4, -0.2) is 45.2 Å². The molecule has 0 aromatic carbocycles. The van der Waals surface area contributed by atoms with Crippen LogP contribution in [0.1, 0.15) is 39.5 Å². The van der Waals surface area contributed by atoms with Gasteiger partial charge in [0, 0.05) is 26.7 Å². The van der Waals surface area contributed by atoms with E-state index in [9.17, 15) is 8.42 Å². The fraction of sp³-hybridized carbons (Fsp3) is 1.00. The first-order valence-corrected chi connectivity index (χ1v) is 7.64. The Morgan fingerprint density at radius 2 is 1.88 bits per heavy atom. The van der Waals surface area contributed by atoms with Gasteiger partial charge >= 0.3 is 0 Å². The lowest BCUT2D eigenvalue weighted by Gasteiger charge is -2.15. The van der Waals surface area contributed by atoms with Crippen molar-refractivity contribution in [3.63, 3.8) is 0 Å². The molecule has 98 valence electrons. The summed E-state index contributed by atoms with van der Waals surface area (Å²) in [5, 5.41) is 3.25. The first kappa shape index (κ1) is 15.9. The van der Waals surface area contributed by atoms with Crippen LogP contribution < -0.4 is 5.32 Å². The van der Waals surface area contributed by atoms with Crippen LogP contribution in [0, 0.1) is 0 Å². The normalized spacial score (nSPS) is 14.3. The van der Waals surface area contributed by atoms with Gasteiger partial charge in [0.1, 0.15) is 0 Å². The maximum Gasteiger partial charge on any atom is 0.214 e. The van der Waals surface area contributed by atoms with E-state index in [2.05, 4.69) is 19.2 Å². The first-order chi connectivity index (χ1) is 7.40. The lowest BCUT2D eigenvalue weighted by molar-refractivity contribution is 0.488. The Bertz CT molecular complexity index is 263. The minimum Gasteiger partial charge on any atom is -0.313 e. The second kappa shape index (κ2) is 8.03. The molecule has 0 aliphatic carbocycles. The molecule has 0 aromatic rings. The highest BCUT2D eigenvalue weighted by Gasteiger charge is 2.13. The molecule has 0 spiro atoms. The summed E-state index contributed by atoms with van der Waals surface area (Å²) in [6.07, 6.45) is 4.81. The Hall–Kier alpha value is -0.130. The Labute approximate surface area is 100 Å². The SMILES string of the molecule is CCCCCC(C)NCCS(=O)(=O)N(C)C. The van der Waals surface area contributed by atoms with Crippen molar-refractivity contribution in [1.29, 1.82) is 0 Å². The molecule has 4 nitrogen and oxygen atoms in total. The molecule has 1 N–H and O–H groups in total. The van der Waals surface area contributed by atoms with Gasteiger partial charge < -0.3 is 5.32 Å². The number of nitrogens with one attached hydrogen (secondary N) is 1. The smallest absolute Gasteiger partial charge is 0.214 e. The molecule has 1 atom stereocenters. The number of unbranched alkanes of at least 4 members (excludes halogenated alkanes) is 2. The van der Waals surface area contributed by atoms with Crippen molar-refractivity contribution in [2.75, 3.05) is 26.4 Å². The van der Waals surface area contributed by atoms with Crippen LogP contribution in [0.4, 0.5) is 0 Å². The van der Waals surface area contributed by atoms with E-state index < -0.39 is 10.0 Å². The molecule has 0 saturated heterocycles. The van der Waals surface area contributed by atoms with Crippen molar-refractivity contribution < 1.29 is 8.42 Å². The number of hydrogen-bond donors (Lipinski definition) is 1. The third-order valence-corrected chi connectivity index (χ3v) is 4.48. The van der Waals surface area contributed by atoms with Crippen LogP contribution in [0.15, 0.2) is 0 Å². The van der Waals surface area contributed by atoms with Gasteiger partial charge in [-0.1, -0.05) is 26.2 Å². The molecule has 0 heterocycles. The number of nitrogens with zero attached hydrogens (tertiary/aromatic N) is 1. The van der Waals surface area contributed by atoms with Crippen LogP contribution >= 0.6 is 0 Å². The average molecular weight is 250 g/mol. The predicted octanol–water partition coefficient (Wildman–Crippen LogP) is 1.44. The summed E-state index contributed by atoms with van der Waals surface area (Å²) in [7, 11) is 0.0907. The van der Waals surface area contributed by atoms with Gasteiger partial charge in [-0.3, -0.25) is 0 Å². The fourth-order valence-corrected chi connectivity index (χ4v) is 2.16. The predicted molar refractivity (Wildman–Crippen MR) is 69.1 cm³/mol. The number of hydrogen-bond acceptors (Lipinski definition) is 3. The lowest BCUT2D eigenvalue weighted by atomic mass is 10.1. The second-order valence-electron chi connectivity index (χ2n) is 4.45. The molecule has 0 aromatic heterocycles. The topological polar surface area (TPSA) is 49.4 Å². The van der Waals surface area contributed by atoms with E-state index in [1.165, 1.54) is 23.6 Å². The van der Waals surface area contributed by atoms with E-state index in [0.29, 0.717) is 12.6 Å². The van der Waals surface area contributed by atoms with Crippen molar-refractivity contribution in [3.05, 3.63) is 0 Å². The van der Waals surface area contributed by atoms with Gasteiger partial charge in [-0.25, -0.2) is 12.7 Å². The molecular weight excluding hydrogens is 224 g/mol. The van der Waals surface area contributed by atoms with Crippen LogP contribution in [0.5, 0.6) is 0 Å². The van der Waals surface area contributed by atoms with E-state index >= 15 is 0 Å². The van der Waals surface area contributed by atoms with E-state index in [1.807, 2.05) is 0 Å². The van der Waals surface area contributed by atoms with Gasteiger partial charge in [-0.2, -0.15) is 0 Å². The van der Waals surface area contributed by atoms with Gasteiger partial charge in [-0.05, 0) is 13.3 Å². The first-order valence-electron chi connectivity index (χ1n) is 6.03. The quantitative estimate of drug-likeness (QED) is 0.630. The minimum atomic E-state index is -3.05.